The number of carbonyl (C=O) groups excluding carboxylic acids is 1. The average Bonchev–Trinajstić information content (AvgIpc) is 2.80. The zero-order valence-corrected chi connectivity index (χ0v) is 11.8. The third-order valence-corrected chi connectivity index (χ3v) is 3.70. The van der Waals surface area contributed by atoms with Crippen molar-refractivity contribution in [1.82, 2.24) is 4.98 Å². The highest BCUT2D eigenvalue weighted by atomic mass is 79.9. The van der Waals surface area contributed by atoms with Crippen molar-refractivity contribution in [2.24, 2.45) is 0 Å². The van der Waals surface area contributed by atoms with E-state index in [2.05, 4.69) is 25.7 Å². The summed E-state index contributed by atoms with van der Waals surface area (Å²) in [4.78, 5) is 15.6. The van der Waals surface area contributed by atoms with Crippen LogP contribution in [0.1, 0.15) is 16.1 Å². The number of thiazole rings is 1. The van der Waals surface area contributed by atoms with Crippen molar-refractivity contribution < 1.29 is 9.53 Å². The van der Waals surface area contributed by atoms with Crippen molar-refractivity contribution in [1.29, 1.82) is 0 Å². The van der Waals surface area contributed by atoms with Crippen LogP contribution in [-0.4, -0.2) is 18.1 Å². The largest absolute Gasteiger partial charge is 0.464 e. The second kappa shape index (κ2) is 4.98. The Bertz CT molecular complexity index is 565. The number of hydrogen-bond acceptors (Lipinski definition) is 4. The molecule has 0 amide bonds. The molecule has 0 aliphatic carbocycles. The fraction of sp³-hybridized carbons (Fsp3) is 0.167. The first-order chi connectivity index (χ1) is 8.11. The number of methoxy groups -OCH3 is 1. The highest BCUT2D eigenvalue weighted by Gasteiger charge is 2.13. The molecule has 0 aliphatic heterocycles. The van der Waals surface area contributed by atoms with Gasteiger partial charge in [0.2, 0.25) is 0 Å². The van der Waals surface area contributed by atoms with Crippen LogP contribution in [0.3, 0.4) is 0 Å². The molecule has 0 atom stereocenters. The first-order valence-corrected chi connectivity index (χ1v) is 6.59. The van der Waals surface area contributed by atoms with Crippen LogP contribution in [0.15, 0.2) is 28.1 Å². The van der Waals surface area contributed by atoms with E-state index in [9.17, 15) is 4.79 Å². The van der Waals surface area contributed by atoms with Gasteiger partial charge in [0.25, 0.3) is 0 Å². The standard InChI is InChI=1S/C12H10BrNO2S/c1-7-3-4-8(13)5-9(7)11-14-10(6-17-11)12(15)16-2/h3-6H,1-2H3. The summed E-state index contributed by atoms with van der Waals surface area (Å²) in [6.07, 6.45) is 0. The van der Waals surface area contributed by atoms with E-state index < -0.39 is 5.97 Å². The second-order valence-electron chi connectivity index (χ2n) is 3.49. The Morgan fingerprint density at radius 1 is 1.47 bits per heavy atom. The number of esters is 1. The molecule has 0 spiro atoms. The molecule has 3 nitrogen and oxygen atoms in total. The Labute approximate surface area is 112 Å². The Balaban J connectivity index is 2.43. The number of halogens is 1. The minimum Gasteiger partial charge on any atom is -0.464 e. The molecule has 0 bridgehead atoms. The molecule has 0 saturated carbocycles. The number of aryl methyl sites for hydroxylation is 1. The SMILES string of the molecule is COC(=O)c1csc(-c2cc(Br)ccc2C)n1. The van der Waals surface area contributed by atoms with Gasteiger partial charge in [-0.05, 0) is 24.6 Å². The minimum absolute atomic E-state index is 0.354. The van der Waals surface area contributed by atoms with E-state index in [1.807, 2.05) is 25.1 Å². The molecule has 1 aromatic carbocycles. The van der Waals surface area contributed by atoms with Gasteiger partial charge in [-0.2, -0.15) is 0 Å². The van der Waals surface area contributed by atoms with E-state index >= 15 is 0 Å². The summed E-state index contributed by atoms with van der Waals surface area (Å²) in [6.45, 7) is 2.01. The van der Waals surface area contributed by atoms with E-state index in [-0.39, 0.29) is 0 Å². The van der Waals surface area contributed by atoms with Crippen LogP contribution < -0.4 is 0 Å². The second-order valence-corrected chi connectivity index (χ2v) is 5.26. The maximum atomic E-state index is 11.3. The highest BCUT2D eigenvalue weighted by molar-refractivity contribution is 9.10. The maximum Gasteiger partial charge on any atom is 0.357 e. The number of nitrogens with zero attached hydrogens (tertiary/aromatic N) is 1. The van der Waals surface area contributed by atoms with Gasteiger partial charge in [-0.25, -0.2) is 9.78 Å². The van der Waals surface area contributed by atoms with E-state index in [1.54, 1.807) is 5.38 Å². The fourth-order valence-electron chi connectivity index (χ4n) is 1.42. The molecule has 17 heavy (non-hydrogen) atoms. The molecule has 88 valence electrons. The van der Waals surface area contributed by atoms with Crippen molar-refractivity contribution >= 4 is 33.2 Å². The lowest BCUT2D eigenvalue weighted by Crippen LogP contribution is -2.01. The Kier molecular flexibility index (Phi) is 3.59. The zero-order chi connectivity index (χ0) is 12.4. The number of hydrogen-bond donors (Lipinski definition) is 0. The molecular weight excluding hydrogens is 302 g/mol. The Hall–Kier alpha value is -1.20. The van der Waals surface area contributed by atoms with Gasteiger partial charge in [-0.15, -0.1) is 11.3 Å². The van der Waals surface area contributed by atoms with E-state index in [0.717, 1.165) is 20.6 Å². The normalized spacial score (nSPS) is 10.3. The van der Waals surface area contributed by atoms with Gasteiger partial charge in [0.1, 0.15) is 5.01 Å². The summed E-state index contributed by atoms with van der Waals surface area (Å²) < 4.78 is 5.63. The third kappa shape index (κ3) is 2.56. The molecule has 2 rings (SSSR count). The van der Waals surface area contributed by atoms with Crippen LogP contribution in [-0.2, 0) is 4.74 Å². The van der Waals surface area contributed by atoms with Crippen LogP contribution in [0.25, 0.3) is 10.6 Å². The lowest BCUT2D eigenvalue weighted by atomic mass is 10.1. The lowest BCUT2D eigenvalue weighted by Gasteiger charge is -2.02. The smallest absolute Gasteiger partial charge is 0.357 e. The summed E-state index contributed by atoms with van der Waals surface area (Å²) in [5.74, 6) is -0.403. The van der Waals surface area contributed by atoms with Crippen molar-refractivity contribution in [3.05, 3.63) is 39.3 Å². The first kappa shape index (κ1) is 12.3. The summed E-state index contributed by atoms with van der Waals surface area (Å²) in [5.41, 5.74) is 2.50. The van der Waals surface area contributed by atoms with Crippen molar-refractivity contribution in [3.8, 4) is 10.6 Å². The van der Waals surface area contributed by atoms with Crippen LogP contribution in [0, 0.1) is 6.92 Å². The fourth-order valence-corrected chi connectivity index (χ4v) is 2.65. The summed E-state index contributed by atoms with van der Waals surface area (Å²) in [5, 5.41) is 2.53. The molecule has 5 heteroatoms. The summed E-state index contributed by atoms with van der Waals surface area (Å²) >= 11 is 4.86. The van der Waals surface area contributed by atoms with Gasteiger partial charge in [0.15, 0.2) is 5.69 Å². The van der Waals surface area contributed by atoms with Crippen LogP contribution in [0.5, 0.6) is 0 Å². The highest BCUT2D eigenvalue weighted by Crippen LogP contribution is 2.29. The van der Waals surface area contributed by atoms with Gasteiger partial charge in [0.05, 0.1) is 7.11 Å². The molecular formula is C12H10BrNO2S. The molecule has 0 saturated heterocycles. The third-order valence-electron chi connectivity index (χ3n) is 2.33. The minimum atomic E-state index is -0.403. The number of carbonyl (C=O) groups is 1. The molecule has 0 fully saturated rings. The van der Waals surface area contributed by atoms with Crippen molar-refractivity contribution in [2.75, 3.05) is 7.11 Å². The molecule has 0 N–H and O–H groups in total. The van der Waals surface area contributed by atoms with Crippen molar-refractivity contribution in [3.63, 3.8) is 0 Å². The van der Waals surface area contributed by atoms with E-state index in [1.165, 1.54) is 18.4 Å². The van der Waals surface area contributed by atoms with Gasteiger partial charge in [0, 0.05) is 15.4 Å². The quantitative estimate of drug-likeness (QED) is 0.794. The van der Waals surface area contributed by atoms with Crippen LogP contribution >= 0.6 is 27.3 Å². The first-order valence-electron chi connectivity index (χ1n) is 4.92. The van der Waals surface area contributed by atoms with Gasteiger partial charge >= 0.3 is 5.97 Å². The van der Waals surface area contributed by atoms with Gasteiger partial charge < -0.3 is 4.74 Å². The van der Waals surface area contributed by atoms with Crippen LogP contribution in [0.4, 0.5) is 0 Å². The summed E-state index contributed by atoms with van der Waals surface area (Å²) in [7, 11) is 1.35. The predicted octanol–water partition coefficient (Wildman–Crippen LogP) is 3.67. The lowest BCUT2D eigenvalue weighted by molar-refractivity contribution is 0.0595. The van der Waals surface area contributed by atoms with Gasteiger partial charge in [-0.3, -0.25) is 0 Å². The molecule has 0 unspecified atom stereocenters. The topological polar surface area (TPSA) is 39.2 Å². The van der Waals surface area contributed by atoms with Crippen molar-refractivity contribution in [2.45, 2.75) is 6.92 Å². The van der Waals surface area contributed by atoms with Crippen LogP contribution in [0.2, 0.25) is 0 Å². The summed E-state index contributed by atoms with van der Waals surface area (Å²) in [6, 6.07) is 5.99. The maximum absolute atomic E-state index is 11.3. The molecule has 1 aromatic heterocycles. The van der Waals surface area contributed by atoms with E-state index in [4.69, 9.17) is 0 Å². The predicted molar refractivity (Wildman–Crippen MR) is 71.3 cm³/mol. The number of rotatable bonds is 2. The number of benzene rings is 1. The van der Waals surface area contributed by atoms with Gasteiger partial charge in [-0.1, -0.05) is 22.0 Å². The van der Waals surface area contributed by atoms with E-state index in [0.29, 0.717) is 5.69 Å². The molecule has 0 radical (unpaired) electrons. The Morgan fingerprint density at radius 2 is 2.24 bits per heavy atom. The molecule has 1 heterocycles. The molecule has 2 aromatic rings. The monoisotopic (exact) mass is 311 g/mol. The average molecular weight is 312 g/mol. The Morgan fingerprint density at radius 3 is 2.94 bits per heavy atom. The molecule has 0 aliphatic rings. The number of aromatic nitrogens is 1. The zero-order valence-electron chi connectivity index (χ0n) is 9.36. The number of ether oxygens (including phenoxy) is 1.